The molecule has 1 fully saturated rings. The van der Waals surface area contributed by atoms with E-state index in [4.69, 9.17) is 5.73 Å². The van der Waals surface area contributed by atoms with Crippen LogP contribution in [0.5, 0.6) is 0 Å². The van der Waals surface area contributed by atoms with Crippen molar-refractivity contribution in [2.24, 2.45) is 5.92 Å². The monoisotopic (exact) mass is 286 g/mol. The van der Waals surface area contributed by atoms with Crippen molar-refractivity contribution in [2.75, 3.05) is 12.3 Å². The average Bonchev–Trinajstić information content (AvgIpc) is 2.81. The maximum atomic E-state index is 13.6. The van der Waals surface area contributed by atoms with Gasteiger partial charge in [0, 0.05) is 6.54 Å². The minimum atomic E-state index is -3.86. The summed E-state index contributed by atoms with van der Waals surface area (Å²) in [5.41, 5.74) is 5.48. The second-order valence-corrected chi connectivity index (χ2v) is 6.70. The van der Waals surface area contributed by atoms with Gasteiger partial charge in [0.15, 0.2) is 0 Å². The fourth-order valence-electron chi connectivity index (χ4n) is 2.58. The Bertz CT molecular complexity index is 519. The molecule has 3 N–H and O–H groups in total. The molecule has 1 saturated carbocycles. The predicted molar refractivity (Wildman–Crippen MR) is 72.6 cm³/mol. The van der Waals surface area contributed by atoms with Crippen molar-refractivity contribution in [3.8, 4) is 0 Å². The molecule has 0 aromatic heterocycles. The van der Waals surface area contributed by atoms with Crippen molar-refractivity contribution in [3.63, 3.8) is 0 Å². The van der Waals surface area contributed by atoms with Gasteiger partial charge in [0.25, 0.3) is 0 Å². The van der Waals surface area contributed by atoms with Gasteiger partial charge in [-0.05, 0) is 24.5 Å². The van der Waals surface area contributed by atoms with Crippen LogP contribution in [0.3, 0.4) is 0 Å². The Morgan fingerprint density at radius 3 is 2.63 bits per heavy atom. The first-order valence-electron chi connectivity index (χ1n) is 6.54. The molecular formula is C13H19FN2O2S. The summed E-state index contributed by atoms with van der Waals surface area (Å²) in [6.45, 7) is 0.334. The van der Waals surface area contributed by atoms with Crippen molar-refractivity contribution in [1.29, 1.82) is 0 Å². The largest absolute Gasteiger partial charge is 0.398 e. The molecular weight excluding hydrogens is 267 g/mol. The molecule has 6 heteroatoms. The van der Waals surface area contributed by atoms with E-state index in [1.54, 1.807) is 0 Å². The normalized spacial score (nSPS) is 16.9. The quantitative estimate of drug-likeness (QED) is 0.816. The summed E-state index contributed by atoms with van der Waals surface area (Å²) in [5.74, 6) is -0.228. The summed E-state index contributed by atoms with van der Waals surface area (Å²) in [6.07, 6.45) is 5.55. The van der Waals surface area contributed by atoms with E-state index in [1.807, 2.05) is 0 Å². The van der Waals surface area contributed by atoms with Gasteiger partial charge < -0.3 is 5.73 Å². The summed E-state index contributed by atoms with van der Waals surface area (Å²) in [6, 6.07) is 3.87. The zero-order valence-corrected chi connectivity index (χ0v) is 11.5. The molecule has 19 heavy (non-hydrogen) atoms. The fraction of sp³-hybridized carbons (Fsp3) is 0.538. The van der Waals surface area contributed by atoms with Crippen LogP contribution >= 0.6 is 0 Å². The maximum absolute atomic E-state index is 13.6. The zero-order valence-electron chi connectivity index (χ0n) is 10.7. The lowest BCUT2D eigenvalue weighted by molar-refractivity contribution is 0.494. The van der Waals surface area contributed by atoms with Crippen molar-refractivity contribution in [1.82, 2.24) is 4.72 Å². The minimum Gasteiger partial charge on any atom is -0.398 e. The Hall–Kier alpha value is -1.14. The number of hydrogen-bond donors (Lipinski definition) is 2. The summed E-state index contributed by atoms with van der Waals surface area (Å²) in [7, 11) is -3.86. The van der Waals surface area contributed by atoms with Gasteiger partial charge in [-0.15, -0.1) is 0 Å². The van der Waals surface area contributed by atoms with E-state index in [0.717, 1.165) is 25.3 Å². The molecule has 0 aliphatic heterocycles. The van der Waals surface area contributed by atoms with Crippen LogP contribution in [-0.4, -0.2) is 15.0 Å². The fourth-order valence-corrected chi connectivity index (χ4v) is 3.81. The number of anilines is 1. The van der Waals surface area contributed by atoms with E-state index < -0.39 is 20.7 Å². The maximum Gasteiger partial charge on any atom is 0.245 e. The van der Waals surface area contributed by atoms with Crippen LogP contribution in [0.25, 0.3) is 0 Å². The lowest BCUT2D eigenvalue weighted by Crippen LogP contribution is -2.27. The molecule has 0 spiro atoms. The minimum absolute atomic E-state index is 0.0617. The molecule has 0 atom stereocenters. The molecule has 1 aliphatic carbocycles. The van der Waals surface area contributed by atoms with Gasteiger partial charge in [-0.25, -0.2) is 17.5 Å². The second-order valence-electron chi connectivity index (χ2n) is 5.00. The second kappa shape index (κ2) is 5.88. The number of nitrogens with one attached hydrogen (secondary N) is 1. The highest BCUT2D eigenvalue weighted by Crippen LogP contribution is 2.27. The van der Waals surface area contributed by atoms with Gasteiger partial charge in [0.1, 0.15) is 10.7 Å². The molecule has 0 saturated heterocycles. The van der Waals surface area contributed by atoms with E-state index in [0.29, 0.717) is 12.5 Å². The molecule has 1 aliphatic rings. The number of halogens is 1. The van der Waals surface area contributed by atoms with Gasteiger partial charge >= 0.3 is 0 Å². The third-order valence-corrected chi connectivity index (χ3v) is 5.14. The number of sulfonamides is 1. The molecule has 1 aromatic carbocycles. The molecule has 0 amide bonds. The van der Waals surface area contributed by atoms with Crippen molar-refractivity contribution in [3.05, 3.63) is 24.0 Å². The highest BCUT2D eigenvalue weighted by molar-refractivity contribution is 7.89. The van der Waals surface area contributed by atoms with E-state index in [9.17, 15) is 12.8 Å². The third kappa shape index (κ3) is 3.45. The number of rotatable bonds is 5. The van der Waals surface area contributed by atoms with Gasteiger partial charge in [-0.1, -0.05) is 31.7 Å². The summed E-state index contributed by atoms with van der Waals surface area (Å²) in [5, 5.41) is 0. The molecule has 0 bridgehead atoms. The van der Waals surface area contributed by atoms with Crippen molar-refractivity contribution < 1.29 is 12.8 Å². The first-order valence-corrected chi connectivity index (χ1v) is 8.02. The van der Waals surface area contributed by atoms with Gasteiger partial charge in [-0.2, -0.15) is 0 Å². The summed E-state index contributed by atoms with van der Waals surface area (Å²) < 4.78 is 40.0. The molecule has 0 heterocycles. The first-order chi connectivity index (χ1) is 9.00. The lowest BCUT2D eigenvalue weighted by atomic mass is 10.1. The van der Waals surface area contributed by atoms with Gasteiger partial charge in [0.2, 0.25) is 10.0 Å². The summed E-state index contributed by atoms with van der Waals surface area (Å²) >= 11 is 0. The Balaban J connectivity index is 2.01. The number of benzene rings is 1. The SMILES string of the molecule is Nc1cccc(F)c1S(=O)(=O)NCCC1CCCC1. The number of nitrogens with two attached hydrogens (primary N) is 1. The molecule has 4 nitrogen and oxygen atoms in total. The molecule has 1 aromatic rings. The van der Waals surface area contributed by atoms with Crippen LogP contribution in [0, 0.1) is 11.7 Å². The standard InChI is InChI=1S/C13H19FN2O2S/c14-11-6-3-7-12(15)13(11)19(17,18)16-9-8-10-4-1-2-5-10/h3,6-7,10,16H,1-2,4-5,8-9,15H2. The van der Waals surface area contributed by atoms with E-state index >= 15 is 0 Å². The molecule has 2 rings (SSSR count). The van der Waals surface area contributed by atoms with E-state index in [-0.39, 0.29) is 5.69 Å². The van der Waals surface area contributed by atoms with Crippen LogP contribution in [0.2, 0.25) is 0 Å². The van der Waals surface area contributed by atoms with Crippen LogP contribution in [-0.2, 0) is 10.0 Å². The van der Waals surface area contributed by atoms with Gasteiger partial charge in [0.05, 0.1) is 5.69 Å². The highest BCUT2D eigenvalue weighted by atomic mass is 32.2. The van der Waals surface area contributed by atoms with Crippen molar-refractivity contribution >= 4 is 15.7 Å². The predicted octanol–water partition coefficient (Wildman–Crippen LogP) is 2.27. The van der Waals surface area contributed by atoms with Crippen LogP contribution < -0.4 is 10.5 Å². The highest BCUT2D eigenvalue weighted by Gasteiger charge is 2.22. The average molecular weight is 286 g/mol. The Kier molecular flexibility index (Phi) is 4.42. The molecule has 0 unspecified atom stereocenters. The van der Waals surface area contributed by atoms with E-state index in [2.05, 4.69) is 4.72 Å². The Morgan fingerprint density at radius 1 is 1.32 bits per heavy atom. The van der Waals surface area contributed by atoms with Crippen LogP contribution in [0.4, 0.5) is 10.1 Å². The molecule has 106 valence electrons. The molecule has 0 radical (unpaired) electrons. The zero-order chi connectivity index (χ0) is 13.9. The topological polar surface area (TPSA) is 72.2 Å². The Morgan fingerprint density at radius 2 is 2.00 bits per heavy atom. The van der Waals surface area contributed by atoms with Crippen LogP contribution in [0.15, 0.2) is 23.1 Å². The van der Waals surface area contributed by atoms with Crippen molar-refractivity contribution in [2.45, 2.75) is 37.0 Å². The third-order valence-electron chi connectivity index (χ3n) is 3.59. The first kappa shape index (κ1) is 14.3. The lowest BCUT2D eigenvalue weighted by Gasteiger charge is -2.12. The van der Waals surface area contributed by atoms with Gasteiger partial charge in [-0.3, -0.25) is 0 Å². The smallest absolute Gasteiger partial charge is 0.245 e. The van der Waals surface area contributed by atoms with E-state index in [1.165, 1.54) is 25.0 Å². The number of nitrogen functional groups attached to an aromatic ring is 1. The van der Waals surface area contributed by atoms with Crippen LogP contribution in [0.1, 0.15) is 32.1 Å². The number of hydrogen-bond acceptors (Lipinski definition) is 3. The summed E-state index contributed by atoms with van der Waals surface area (Å²) in [4.78, 5) is -0.443. The Labute approximate surface area is 113 Å².